The first-order valence-electron chi connectivity index (χ1n) is 10.1. The number of hydrogen-bond donors (Lipinski definition) is 3. The standard InChI is InChI=1S/C21H29N5O2/c1-4-18-17-12-26(10-9-19(17)24-23-18)11-15-5-7-16(8-6-15)21(27)22-20-13(2)25-28-14(20)3/h5-8,17-19,23-24H,4,9-12H2,1-3H3,(H,22,27). The van der Waals surface area contributed by atoms with Crippen LogP contribution >= 0.6 is 0 Å². The molecule has 3 atom stereocenters. The Bertz CT molecular complexity index is 806. The van der Waals surface area contributed by atoms with Gasteiger partial charge in [0.1, 0.15) is 11.4 Å². The van der Waals surface area contributed by atoms with Crippen LogP contribution < -0.4 is 16.2 Å². The van der Waals surface area contributed by atoms with Crippen LogP contribution in [0.15, 0.2) is 28.8 Å². The van der Waals surface area contributed by atoms with Crippen molar-refractivity contribution >= 4 is 11.6 Å². The van der Waals surface area contributed by atoms with E-state index in [1.54, 1.807) is 6.92 Å². The molecule has 0 aliphatic carbocycles. The second-order valence-electron chi connectivity index (χ2n) is 7.95. The van der Waals surface area contributed by atoms with Crippen LogP contribution in [0, 0.1) is 19.8 Å². The number of aromatic nitrogens is 1. The number of piperidine rings is 1. The molecule has 28 heavy (non-hydrogen) atoms. The molecule has 0 radical (unpaired) electrons. The van der Waals surface area contributed by atoms with Gasteiger partial charge in [0.05, 0.1) is 0 Å². The molecule has 4 rings (SSSR count). The van der Waals surface area contributed by atoms with Crippen LogP contribution in [0.25, 0.3) is 0 Å². The number of nitrogens with zero attached hydrogens (tertiary/aromatic N) is 2. The van der Waals surface area contributed by atoms with Gasteiger partial charge in [0.2, 0.25) is 0 Å². The maximum Gasteiger partial charge on any atom is 0.255 e. The van der Waals surface area contributed by atoms with Crippen LogP contribution in [0.4, 0.5) is 5.69 Å². The molecule has 1 aromatic carbocycles. The van der Waals surface area contributed by atoms with Crippen molar-refractivity contribution < 1.29 is 9.32 Å². The highest BCUT2D eigenvalue weighted by Crippen LogP contribution is 2.27. The van der Waals surface area contributed by atoms with Crippen LogP contribution in [0.2, 0.25) is 0 Å². The quantitative estimate of drug-likeness (QED) is 0.736. The summed E-state index contributed by atoms with van der Waals surface area (Å²) in [5, 5.41) is 6.76. The van der Waals surface area contributed by atoms with E-state index >= 15 is 0 Å². The van der Waals surface area contributed by atoms with Gasteiger partial charge in [-0.2, -0.15) is 0 Å². The Morgan fingerprint density at radius 3 is 2.75 bits per heavy atom. The highest BCUT2D eigenvalue weighted by molar-refractivity contribution is 6.04. The van der Waals surface area contributed by atoms with Gasteiger partial charge in [-0.1, -0.05) is 24.2 Å². The summed E-state index contributed by atoms with van der Waals surface area (Å²) in [6.45, 7) is 8.98. The third kappa shape index (κ3) is 3.83. The van der Waals surface area contributed by atoms with Crippen molar-refractivity contribution in [2.45, 2.75) is 52.2 Å². The third-order valence-electron chi connectivity index (χ3n) is 6.05. The Balaban J connectivity index is 1.36. The summed E-state index contributed by atoms with van der Waals surface area (Å²) in [5.74, 6) is 1.14. The van der Waals surface area contributed by atoms with E-state index in [1.165, 1.54) is 12.0 Å². The van der Waals surface area contributed by atoms with E-state index in [4.69, 9.17) is 4.52 Å². The largest absolute Gasteiger partial charge is 0.359 e. The second kappa shape index (κ2) is 8.03. The molecule has 3 heterocycles. The number of carbonyl (C=O) groups is 1. The lowest BCUT2D eigenvalue weighted by molar-refractivity contribution is 0.102. The van der Waals surface area contributed by atoms with E-state index in [9.17, 15) is 4.79 Å². The normalized spacial score (nSPS) is 24.9. The van der Waals surface area contributed by atoms with Crippen molar-refractivity contribution in [2.24, 2.45) is 5.92 Å². The number of amides is 1. The smallest absolute Gasteiger partial charge is 0.255 e. The number of fused-ring (bicyclic) bond motifs is 1. The van der Waals surface area contributed by atoms with Crippen molar-refractivity contribution in [3.8, 4) is 0 Å². The molecule has 0 spiro atoms. The number of likely N-dealkylation sites (tertiary alicyclic amines) is 1. The predicted octanol–water partition coefficient (Wildman–Crippen LogP) is 2.62. The van der Waals surface area contributed by atoms with Gasteiger partial charge in [-0.15, -0.1) is 0 Å². The molecular formula is C21H29N5O2. The zero-order valence-corrected chi connectivity index (χ0v) is 16.8. The summed E-state index contributed by atoms with van der Waals surface area (Å²) in [6.07, 6.45) is 2.32. The minimum absolute atomic E-state index is 0.143. The van der Waals surface area contributed by atoms with E-state index in [0.717, 1.165) is 26.1 Å². The maximum absolute atomic E-state index is 12.5. The zero-order chi connectivity index (χ0) is 19.7. The van der Waals surface area contributed by atoms with E-state index < -0.39 is 0 Å². The van der Waals surface area contributed by atoms with Crippen LogP contribution in [0.3, 0.4) is 0 Å². The van der Waals surface area contributed by atoms with E-state index in [0.29, 0.717) is 40.7 Å². The molecule has 0 saturated carbocycles. The molecule has 1 amide bonds. The molecule has 2 aromatic rings. The van der Waals surface area contributed by atoms with Crippen molar-refractivity contribution in [1.29, 1.82) is 0 Å². The Kier molecular flexibility index (Phi) is 5.48. The highest BCUT2D eigenvalue weighted by Gasteiger charge is 2.38. The molecule has 3 unspecified atom stereocenters. The molecule has 7 heteroatoms. The number of benzene rings is 1. The number of hydrogen-bond acceptors (Lipinski definition) is 6. The summed E-state index contributed by atoms with van der Waals surface area (Å²) < 4.78 is 5.10. The van der Waals surface area contributed by atoms with Crippen LogP contribution in [0.5, 0.6) is 0 Å². The summed E-state index contributed by atoms with van der Waals surface area (Å²) in [5.41, 5.74) is 10.1. The minimum atomic E-state index is -0.143. The highest BCUT2D eigenvalue weighted by atomic mass is 16.5. The van der Waals surface area contributed by atoms with Gasteiger partial charge in [-0.05, 0) is 44.4 Å². The number of rotatable bonds is 5. The van der Waals surface area contributed by atoms with E-state index in [1.807, 2.05) is 19.1 Å². The van der Waals surface area contributed by atoms with Crippen LogP contribution in [0.1, 0.15) is 47.1 Å². The molecule has 3 N–H and O–H groups in total. The van der Waals surface area contributed by atoms with Gasteiger partial charge in [-0.25, -0.2) is 0 Å². The first-order valence-corrected chi connectivity index (χ1v) is 10.1. The van der Waals surface area contributed by atoms with Gasteiger partial charge >= 0.3 is 0 Å². The predicted molar refractivity (Wildman–Crippen MR) is 108 cm³/mol. The fourth-order valence-corrected chi connectivity index (χ4v) is 4.38. The maximum atomic E-state index is 12.5. The number of nitrogens with one attached hydrogen (secondary N) is 3. The lowest BCUT2D eigenvalue weighted by Crippen LogP contribution is -2.45. The third-order valence-corrected chi connectivity index (χ3v) is 6.05. The Morgan fingerprint density at radius 2 is 2.07 bits per heavy atom. The second-order valence-corrected chi connectivity index (χ2v) is 7.95. The summed E-state index contributed by atoms with van der Waals surface area (Å²) in [6, 6.07) is 9.04. The summed E-state index contributed by atoms with van der Waals surface area (Å²) in [4.78, 5) is 15.0. The Labute approximate surface area is 165 Å². The van der Waals surface area contributed by atoms with Crippen molar-refractivity contribution in [2.75, 3.05) is 18.4 Å². The average Bonchev–Trinajstić information content (AvgIpc) is 3.26. The molecule has 7 nitrogen and oxygen atoms in total. The van der Waals surface area contributed by atoms with Gasteiger partial charge in [0, 0.05) is 43.2 Å². The van der Waals surface area contributed by atoms with Crippen molar-refractivity contribution in [3.05, 3.63) is 46.8 Å². The first kappa shape index (κ1) is 19.1. The molecule has 1 aromatic heterocycles. The minimum Gasteiger partial charge on any atom is -0.359 e. The molecule has 2 aliphatic heterocycles. The van der Waals surface area contributed by atoms with Gasteiger partial charge in [0.15, 0.2) is 5.76 Å². The van der Waals surface area contributed by atoms with Crippen LogP contribution in [-0.2, 0) is 6.54 Å². The van der Waals surface area contributed by atoms with E-state index in [2.05, 4.69) is 45.3 Å². The number of aryl methyl sites for hydroxylation is 2. The monoisotopic (exact) mass is 383 g/mol. The fraction of sp³-hybridized carbons (Fsp3) is 0.524. The molecule has 2 fully saturated rings. The molecule has 0 bridgehead atoms. The molecule has 2 aliphatic rings. The lowest BCUT2D eigenvalue weighted by atomic mass is 9.87. The Hall–Kier alpha value is -2.22. The molecule has 2 saturated heterocycles. The number of hydrazine groups is 1. The summed E-state index contributed by atoms with van der Waals surface area (Å²) >= 11 is 0. The topological polar surface area (TPSA) is 82.4 Å². The SMILES string of the molecule is CCC1NNC2CCN(Cc3ccc(C(=O)Nc4c(C)noc4C)cc3)CC12. The lowest BCUT2D eigenvalue weighted by Gasteiger charge is -2.36. The van der Waals surface area contributed by atoms with Gasteiger partial charge in [0.25, 0.3) is 5.91 Å². The van der Waals surface area contributed by atoms with Crippen LogP contribution in [-0.4, -0.2) is 41.1 Å². The average molecular weight is 383 g/mol. The van der Waals surface area contributed by atoms with E-state index in [-0.39, 0.29) is 5.91 Å². The van der Waals surface area contributed by atoms with Gasteiger partial charge < -0.3 is 9.84 Å². The molecular weight excluding hydrogens is 354 g/mol. The van der Waals surface area contributed by atoms with Gasteiger partial charge in [-0.3, -0.25) is 20.5 Å². The Morgan fingerprint density at radius 1 is 1.29 bits per heavy atom. The van der Waals surface area contributed by atoms with Crippen molar-refractivity contribution in [1.82, 2.24) is 20.9 Å². The summed E-state index contributed by atoms with van der Waals surface area (Å²) in [7, 11) is 0. The zero-order valence-electron chi connectivity index (χ0n) is 16.8. The van der Waals surface area contributed by atoms with Crippen molar-refractivity contribution in [3.63, 3.8) is 0 Å². The molecule has 150 valence electrons. The fourth-order valence-electron chi connectivity index (χ4n) is 4.38. The first-order chi connectivity index (χ1) is 13.5. The number of anilines is 1. The number of carbonyl (C=O) groups excluding carboxylic acids is 1.